The van der Waals surface area contributed by atoms with E-state index >= 15 is 0 Å². The highest BCUT2D eigenvalue weighted by molar-refractivity contribution is 5.90. The Morgan fingerprint density at radius 2 is 2.30 bits per heavy atom. The average Bonchev–Trinajstić information content (AvgIpc) is 2.97. The highest BCUT2D eigenvalue weighted by atomic mass is 16.5. The number of amides is 1. The van der Waals surface area contributed by atoms with Crippen LogP contribution in [0.2, 0.25) is 0 Å². The Balaban J connectivity index is 2.27. The van der Waals surface area contributed by atoms with Crippen molar-refractivity contribution in [3.8, 4) is 0 Å². The molecule has 0 radical (unpaired) electrons. The van der Waals surface area contributed by atoms with Gasteiger partial charge in [-0.25, -0.2) is 4.79 Å². The van der Waals surface area contributed by atoms with Crippen LogP contribution in [0.3, 0.4) is 0 Å². The lowest BCUT2D eigenvalue weighted by Crippen LogP contribution is -2.44. The number of hydrogen-bond acceptors (Lipinski definition) is 5. The fraction of sp³-hybridized carbons (Fsp3) is 0.500. The summed E-state index contributed by atoms with van der Waals surface area (Å²) in [6.45, 7) is 2.89. The van der Waals surface area contributed by atoms with Crippen LogP contribution < -0.4 is 5.32 Å². The van der Waals surface area contributed by atoms with Crippen molar-refractivity contribution in [2.45, 2.75) is 18.8 Å². The van der Waals surface area contributed by atoms with Gasteiger partial charge in [0, 0.05) is 19.9 Å². The standard InChI is InChI=1S/C14H18N2O4/c1-3-20-12(17)10-4-5-11(16-8-10)14(13(18)15-2)6-7-19-9-14/h4-5,8H,3,6-7,9H2,1-2H3,(H,15,18). The van der Waals surface area contributed by atoms with Crippen LogP contribution in [-0.2, 0) is 19.7 Å². The number of nitrogens with zero attached hydrogens (tertiary/aromatic N) is 1. The van der Waals surface area contributed by atoms with Crippen LogP contribution in [0.4, 0.5) is 0 Å². The van der Waals surface area contributed by atoms with E-state index in [1.807, 2.05) is 0 Å². The molecule has 0 saturated carbocycles. The van der Waals surface area contributed by atoms with E-state index in [-0.39, 0.29) is 5.91 Å². The number of aromatic nitrogens is 1. The van der Waals surface area contributed by atoms with Crippen LogP contribution in [0, 0.1) is 0 Å². The first kappa shape index (κ1) is 14.5. The van der Waals surface area contributed by atoms with Crippen LogP contribution in [0.15, 0.2) is 18.3 Å². The summed E-state index contributed by atoms with van der Waals surface area (Å²) in [6, 6.07) is 3.32. The number of likely N-dealkylation sites (N-methyl/N-ethyl adjacent to an activating group) is 1. The van der Waals surface area contributed by atoms with Crippen molar-refractivity contribution in [3.63, 3.8) is 0 Å². The molecule has 6 nitrogen and oxygen atoms in total. The Kier molecular flexibility index (Phi) is 4.34. The highest BCUT2D eigenvalue weighted by Crippen LogP contribution is 2.32. The predicted octanol–water partition coefficient (Wildman–Crippen LogP) is 0.662. The zero-order valence-corrected chi connectivity index (χ0v) is 11.6. The number of pyridine rings is 1. The summed E-state index contributed by atoms with van der Waals surface area (Å²) in [4.78, 5) is 28.0. The maximum Gasteiger partial charge on any atom is 0.339 e. The van der Waals surface area contributed by atoms with Gasteiger partial charge in [0.1, 0.15) is 5.41 Å². The lowest BCUT2D eigenvalue weighted by atomic mass is 9.82. The molecular formula is C14H18N2O4. The molecule has 108 valence electrons. The van der Waals surface area contributed by atoms with Crippen molar-refractivity contribution >= 4 is 11.9 Å². The molecule has 2 heterocycles. The third-order valence-electron chi connectivity index (χ3n) is 3.45. The van der Waals surface area contributed by atoms with Crippen LogP contribution >= 0.6 is 0 Å². The molecule has 1 aromatic rings. The molecule has 1 aliphatic heterocycles. The fourth-order valence-electron chi connectivity index (χ4n) is 2.31. The predicted molar refractivity (Wildman–Crippen MR) is 71.4 cm³/mol. The average molecular weight is 278 g/mol. The summed E-state index contributed by atoms with van der Waals surface area (Å²) >= 11 is 0. The molecule has 0 aliphatic carbocycles. The minimum atomic E-state index is -0.762. The fourth-order valence-corrected chi connectivity index (χ4v) is 2.31. The second-order valence-corrected chi connectivity index (χ2v) is 4.62. The molecule has 1 N–H and O–H groups in total. The van der Waals surface area contributed by atoms with Gasteiger partial charge in [0.2, 0.25) is 5.91 Å². The van der Waals surface area contributed by atoms with Gasteiger partial charge < -0.3 is 14.8 Å². The van der Waals surface area contributed by atoms with Crippen molar-refractivity contribution in [1.29, 1.82) is 0 Å². The molecule has 1 atom stereocenters. The van der Waals surface area contributed by atoms with E-state index in [0.29, 0.717) is 37.5 Å². The smallest absolute Gasteiger partial charge is 0.339 e. The number of hydrogen-bond donors (Lipinski definition) is 1. The van der Waals surface area contributed by atoms with Crippen LogP contribution in [0.1, 0.15) is 29.4 Å². The van der Waals surface area contributed by atoms with Gasteiger partial charge in [-0.1, -0.05) is 0 Å². The van der Waals surface area contributed by atoms with E-state index in [1.165, 1.54) is 6.20 Å². The van der Waals surface area contributed by atoms with E-state index in [2.05, 4.69) is 10.3 Å². The van der Waals surface area contributed by atoms with E-state index in [1.54, 1.807) is 26.1 Å². The summed E-state index contributed by atoms with van der Waals surface area (Å²) in [5.41, 5.74) is 0.228. The van der Waals surface area contributed by atoms with Gasteiger partial charge in [-0.15, -0.1) is 0 Å². The molecule has 20 heavy (non-hydrogen) atoms. The first-order chi connectivity index (χ1) is 9.64. The molecule has 2 rings (SSSR count). The topological polar surface area (TPSA) is 77.5 Å². The van der Waals surface area contributed by atoms with Crippen molar-refractivity contribution in [3.05, 3.63) is 29.6 Å². The first-order valence-electron chi connectivity index (χ1n) is 6.57. The monoisotopic (exact) mass is 278 g/mol. The number of rotatable bonds is 4. The Morgan fingerprint density at radius 3 is 2.80 bits per heavy atom. The number of carbonyl (C=O) groups excluding carboxylic acids is 2. The Bertz CT molecular complexity index is 492. The SMILES string of the molecule is CCOC(=O)c1ccc(C2(C(=O)NC)CCOC2)nc1. The van der Waals surface area contributed by atoms with Gasteiger partial charge in [0.15, 0.2) is 0 Å². The highest BCUT2D eigenvalue weighted by Gasteiger charge is 2.44. The third kappa shape index (κ3) is 2.51. The van der Waals surface area contributed by atoms with Gasteiger partial charge in [-0.2, -0.15) is 0 Å². The van der Waals surface area contributed by atoms with Gasteiger partial charge in [-0.05, 0) is 25.5 Å². The lowest BCUT2D eigenvalue weighted by molar-refractivity contribution is -0.126. The third-order valence-corrected chi connectivity index (χ3v) is 3.45. The minimum Gasteiger partial charge on any atom is -0.462 e. The van der Waals surface area contributed by atoms with Crippen molar-refractivity contribution in [2.75, 3.05) is 26.9 Å². The molecule has 0 bridgehead atoms. The number of carbonyl (C=O) groups is 2. The second kappa shape index (κ2) is 6.00. The Hall–Kier alpha value is -1.95. The Morgan fingerprint density at radius 1 is 1.50 bits per heavy atom. The molecule has 1 aliphatic rings. The van der Waals surface area contributed by atoms with Gasteiger partial charge in [-0.3, -0.25) is 9.78 Å². The van der Waals surface area contributed by atoms with Crippen LogP contribution in [-0.4, -0.2) is 43.7 Å². The van der Waals surface area contributed by atoms with Crippen molar-refractivity contribution < 1.29 is 19.1 Å². The minimum absolute atomic E-state index is 0.119. The molecule has 1 aromatic heterocycles. The summed E-state index contributed by atoms with van der Waals surface area (Å²) in [7, 11) is 1.59. The maximum absolute atomic E-state index is 12.1. The van der Waals surface area contributed by atoms with Gasteiger partial charge in [0.25, 0.3) is 0 Å². The molecule has 1 unspecified atom stereocenters. The summed E-state index contributed by atoms with van der Waals surface area (Å²) in [5.74, 6) is -0.533. The summed E-state index contributed by atoms with van der Waals surface area (Å²) < 4.78 is 10.3. The summed E-state index contributed by atoms with van der Waals surface area (Å²) in [6.07, 6.45) is 2.02. The van der Waals surface area contributed by atoms with Crippen LogP contribution in [0.25, 0.3) is 0 Å². The zero-order chi connectivity index (χ0) is 14.6. The van der Waals surface area contributed by atoms with E-state index in [4.69, 9.17) is 9.47 Å². The molecule has 0 aromatic carbocycles. The quantitative estimate of drug-likeness (QED) is 0.819. The number of esters is 1. The van der Waals surface area contributed by atoms with Crippen molar-refractivity contribution in [2.24, 2.45) is 0 Å². The zero-order valence-electron chi connectivity index (χ0n) is 11.6. The molecular weight excluding hydrogens is 260 g/mol. The second-order valence-electron chi connectivity index (χ2n) is 4.62. The van der Waals surface area contributed by atoms with E-state index in [9.17, 15) is 9.59 Å². The molecule has 0 spiro atoms. The van der Waals surface area contributed by atoms with Gasteiger partial charge >= 0.3 is 5.97 Å². The lowest BCUT2D eigenvalue weighted by Gasteiger charge is -2.24. The molecule has 6 heteroatoms. The van der Waals surface area contributed by atoms with Crippen molar-refractivity contribution in [1.82, 2.24) is 10.3 Å². The summed E-state index contributed by atoms with van der Waals surface area (Å²) in [5, 5.41) is 2.65. The van der Waals surface area contributed by atoms with E-state index < -0.39 is 11.4 Å². The molecule has 1 saturated heterocycles. The van der Waals surface area contributed by atoms with Crippen LogP contribution in [0.5, 0.6) is 0 Å². The maximum atomic E-state index is 12.1. The largest absolute Gasteiger partial charge is 0.462 e. The number of ether oxygens (including phenoxy) is 2. The Labute approximate surface area is 117 Å². The first-order valence-corrected chi connectivity index (χ1v) is 6.57. The molecule has 1 amide bonds. The van der Waals surface area contributed by atoms with E-state index in [0.717, 1.165) is 0 Å². The molecule has 1 fully saturated rings. The normalized spacial score (nSPS) is 21.5. The van der Waals surface area contributed by atoms with Gasteiger partial charge in [0.05, 0.1) is 24.5 Å². The number of nitrogens with one attached hydrogen (secondary N) is 1.